The molecular formula is C16H18ClNO. The molecule has 0 saturated heterocycles. The van der Waals surface area contributed by atoms with E-state index in [1.165, 1.54) is 0 Å². The number of benzene rings is 2. The molecule has 2 N–H and O–H groups in total. The Labute approximate surface area is 119 Å². The van der Waals surface area contributed by atoms with Crippen molar-refractivity contribution in [3.05, 3.63) is 58.1 Å². The van der Waals surface area contributed by atoms with Crippen LogP contribution in [0.2, 0.25) is 5.02 Å². The molecule has 19 heavy (non-hydrogen) atoms. The van der Waals surface area contributed by atoms with Crippen LogP contribution in [0.25, 0.3) is 0 Å². The summed E-state index contributed by atoms with van der Waals surface area (Å²) in [6, 6.07) is 11.5. The van der Waals surface area contributed by atoms with Crippen molar-refractivity contribution in [2.24, 2.45) is 0 Å². The van der Waals surface area contributed by atoms with Crippen molar-refractivity contribution in [2.75, 3.05) is 5.32 Å². The molecule has 0 radical (unpaired) electrons. The minimum atomic E-state index is 0.0127. The molecule has 2 rings (SSSR count). The van der Waals surface area contributed by atoms with Crippen LogP contribution in [0, 0.1) is 13.8 Å². The van der Waals surface area contributed by atoms with Crippen LogP contribution in [0.3, 0.4) is 0 Å². The summed E-state index contributed by atoms with van der Waals surface area (Å²) in [7, 11) is 0. The molecule has 1 unspecified atom stereocenters. The van der Waals surface area contributed by atoms with E-state index in [1.54, 1.807) is 6.07 Å². The molecule has 0 aliphatic rings. The second-order valence-corrected chi connectivity index (χ2v) is 5.30. The van der Waals surface area contributed by atoms with Gasteiger partial charge >= 0.3 is 0 Å². The van der Waals surface area contributed by atoms with Gasteiger partial charge in [-0.3, -0.25) is 0 Å². The first kappa shape index (κ1) is 13.8. The molecule has 0 fully saturated rings. The van der Waals surface area contributed by atoms with Crippen molar-refractivity contribution < 1.29 is 5.11 Å². The summed E-state index contributed by atoms with van der Waals surface area (Å²) in [6.45, 7) is 6.00. The molecule has 1 atom stereocenters. The fourth-order valence-corrected chi connectivity index (χ4v) is 2.21. The van der Waals surface area contributed by atoms with Gasteiger partial charge in [0.2, 0.25) is 0 Å². The first-order valence-corrected chi connectivity index (χ1v) is 6.67. The van der Waals surface area contributed by atoms with Crippen LogP contribution >= 0.6 is 11.6 Å². The van der Waals surface area contributed by atoms with Crippen LogP contribution in [0.4, 0.5) is 5.69 Å². The molecule has 2 aromatic rings. The van der Waals surface area contributed by atoms with Gasteiger partial charge in [-0.1, -0.05) is 35.4 Å². The average Bonchev–Trinajstić information content (AvgIpc) is 2.36. The molecule has 3 heteroatoms. The number of phenolic OH excluding ortho intramolecular Hbond substituents is 1. The van der Waals surface area contributed by atoms with Crippen LogP contribution in [0.15, 0.2) is 36.4 Å². The molecule has 100 valence electrons. The SMILES string of the molecule is Cc1ccc(O)c(C(C)Nc2ccc(C)c(Cl)c2)c1. The van der Waals surface area contributed by atoms with Crippen molar-refractivity contribution in [3.8, 4) is 5.75 Å². The van der Waals surface area contributed by atoms with Gasteiger partial charge < -0.3 is 10.4 Å². The van der Waals surface area contributed by atoms with Crippen LogP contribution in [0.5, 0.6) is 5.75 Å². The van der Waals surface area contributed by atoms with Crippen molar-refractivity contribution in [3.63, 3.8) is 0 Å². The lowest BCUT2D eigenvalue weighted by Crippen LogP contribution is -2.07. The Morgan fingerprint density at radius 1 is 1.11 bits per heavy atom. The Morgan fingerprint density at radius 2 is 1.84 bits per heavy atom. The molecule has 0 spiro atoms. The standard InChI is InChI=1S/C16H18ClNO/c1-10-4-7-16(19)14(8-10)12(3)18-13-6-5-11(2)15(17)9-13/h4-9,12,18-19H,1-3H3. The summed E-state index contributed by atoms with van der Waals surface area (Å²) in [5, 5.41) is 14.0. The second-order valence-electron chi connectivity index (χ2n) is 4.89. The van der Waals surface area contributed by atoms with Crippen LogP contribution < -0.4 is 5.32 Å². The maximum absolute atomic E-state index is 9.92. The zero-order valence-electron chi connectivity index (χ0n) is 11.4. The highest BCUT2D eigenvalue weighted by molar-refractivity contribution is 6.31. The number of hydrogen-bond donors (Lipinski definition) is 2. The van der Waals surface area contributed by atoms with E-state index in [0.717, 1.165) is 27.4 Å². The van der Waals surface area contributed by atoms with E-state index in [9.17, 15) is 5.11 Å². The summed E-state index contributed by atoms with van der Waals surface area (Å²) >= 11 is 6.11. The molecule has 0 aromatic heterocycles. The van der Waals surface area contributed by atoms with Crippen LogP contribution in [0.1, 0.15) is 29.7 Å². The van der Waals surface area contributed by atoms with E-state index < -0.39 is 0 Å². The van der Waals surface area contributed by atoms with Crippen molar-refractivity contribution in [2.45, 2.75) is 26.8 Å². The largest absolute Gasteiger partial charge is 0.508 e. The zero-order valence-corrected chi connectivity index (χ0v) is 12.1. The zero-order chi connectivity index (χ0) is 14.0. The van der Waals surface area contributed by atoms with Crippen LogP contribution in [-0.4, -0.2) is 5.11 Å². The first-order chi connectivity index (χ1) is 8.97. The van der Waals surface area contributed by atoms with E-state index in [2.05, 4.69) is 5.32 Å². The third-order valence-corrected chi connectivity index (χ3v) is 3.61. The summed E-state index contributed by atoms with van der Waals surface area (Å²) < 4.78 is 0. The molecule has 2 aromatic carbocycles. The smallest absolute Gasteiger partial charge is 0.120 e. The van der Waals surface area contributed by atoms with Gasteiger partial charge in [0.05, 0.1) is 6.04 Å². The maximum atomic E-state index is 9.92. The molecule has 0 aliphatic carbocycles. The van der Waals surface area contributed by atoms with E-state index in [-0.39, 0.29) is 6.04 Å². The minimum absolute atomic E-state index is 0.0127. The van der Waals surface area contributed by atoms with Crippen molar-refractivity contribution in [1.29, 1.82) is 0 Å². The second kappa shape index (κ2) is 5.54. The monoisotopic (exact) mass is 275 g/mol. The van der Waals surface area contributed by atoms with Gasteiger partial charge in [0.15, 0.2) is 0 Å². The lowest BCUT2D eigenvalue weighted by molar-refractivity contribution is 0.465. The van der Waals surface area contributed by atoms with Gasteiger partial charge in [-0.2, -0.15) is 0 Å². The summed E-state index contributed by atoms with van der Waals surface area (Å²) in [4.78, 5) is 0. The van der Waals surface area contributed by atoms with Gasteiger partial charge in [0, 0.05) is 16.3 Å². The Kier molecular flexibility index (Phi) is 4.01. The lowest BCUT2D eigenvalue weighted by Gasteiger charge is -2.18. The normalized spacial score (nSPS) is 12.2. The number of phenols is 1. The average molecular weight is 276 g/mol. The molecule has 0 amide bonds. The van der Waals surface area contributed by atoms with Crippen LogP contribution in [-0.2, 0) is 0 Å². The van der Waals surface area contributed by atoms with Gasteiger partial charge in [0.1, 0.15) is 5.75 Å². The maximum Gasteiger partial charge on any atom is 0.120 e. The van der Waals surface area contributed by atoms with Gasteiger partial charge in [0.25, 0.3) is 0 Å². The van der Waals surface area contributed by atoms with Gasteiger partial charge in [-0.25, -0.2) is 0 Å². The Bertz CT molecular complexity index is 595. The molecule has 0 bridgehead atoms. The Hall–Kier alpha value is -1.67. The number of hydrogen-bond acceptors (Lipinski definition) is 2. The Balaban J connectivity index is 2.22. The molecule has 0 saturated carbocycles. The van der Waals surface area contributed by atoms with Crippen molar-refractivity contribution >= 4 is 17.3 Å². The van der Waals surface area contributed by atoms with Gasteiger partial charge in [-0.15, -0.1) is 0 Å². The van der Waals surface area contributed by atoms with E-state index in [4.69, 9.17) is 11.6 Å². The number of aromatic hydroxyl groups is 1. The van der Waals surface area contributed by atoms with E-state index in [1.807, 2.05) is 51.1 Å². The first-order valence-electron chi connectivity index (χ1n) is 6.29. The number of anilines is 1. The summed E-state index contributed by atoms with van der Waals surface area (Å²) in [5.74, 6) is 0.309. The highest BCUT2D eigenvalue weighted by Gasteiger charge is 2.10. The predicted molar refractivity (Wildman–Crippen MR) is 81.1 cm³/mol. The number of rotatable bonds is 3. The predicted octanol–water partition coefficient (Wildman–Crippen LogP) is 4.84. The van der Waals surface area contributed by atoms with E-state index >= 15 is 0 Å². The highest BCUT2D eigenvalue weighted by Crippen LogP contribution is 2.29. The topological polar surface area (TPSA) is 32.3 Å². The third kappa shape index (κ3) is 3.21. The Morgan fingerprint density at radius 3 is 2.53 bits per heavy atom. The molecule has 0 heterocycles. The van der Waals surface area contributed by atoms with Gasteiger partial charge in [-0.05, 0) is 44.5 Å². The lowest BCUT2D eigenvalue weighted by atomic mass is 10.0. The number of halogens is 1. The van der Waals surface area contributed by atoms with E-state index in [0.29, 0.717) is 5.75 Å². The quantitative estimate of drug-likeness (QED) is 0.840. The molecule has 0 aliphatic heterocycles. The summed E-state index contributed by atoms with van der Waals surface area (Å²) in [5.41, 5.74) is 4.02. The molecule has 2 nitrogen and oxygen atoms in total. The fraction of sp³-hybridized carbons (Fsp3) is 0.250. The fourth-order valence-electron chi connectivity index (χ4n) is 2.03. The minimum Gasteiger partial charge on any atom is -0.508 e. The molecular weight excluding hydrogens is 258 g/mol. The highest BCUT2D eigenvalue weighted by atomic mass is 35.5. The summed E-state index contributed by atoms with van der Waals surface area (Å²) in [6.07, 6.45) is 0. The third-order valence-electron chi connectivity index (χ3n) is 3.20. The number of nitrogens with one attached hydrogen (secondary N) is 1. The number of aryl methyl sites for hydroxylation is 2. The van der Waals surface area contributed by atoms with Crippen molar-refractivity contribution in [1.82, 2.24) is 0 Å².